The van der Waals surface area contributed by atoms with E-state index in [0.717, 1.165) is 17.5 Å². The fourth-order valence-electron chi connectivity index (χ4n) is 2.13. The maximum absolute atomic E-state index is 12.5. The van der Waals surface area contributed by atoms with Crippen molar-refractivity contribution in [1.82, 2.24) is 0 Å². The topological polar surface area (TPSA) is 72.2 Å². The third-order valence-electron chi connectivity index (χ3n) is 3.37. The molecule has 2 rings (SSSR count). The van der Waals surface area contributed by atoms with Crippen LogP contribution in [0.4, 0.5) is 5.69 Å². The summed E-state index contributed by atoms with van der Waals surface area (Å²) in [5.41, 5.74) is 8.74. The van der Waals surface area contributed by atoms with Gasteiger partial charge in [0.1, 0.15) is 0 Å². The minimum Gasteiger partial charge on any atom is -0.326 e. The van der Waals surface area contributed by atoms with Gasteiger partial charge < -0.3 is 5.73 Å². The molecule has 5 heteroatoms. The van der Waals surface area contributed by atoms with E-state index in [0.29, 0.717) is 17.8 Å². The highest BCUT2D eigenvalue weighted by atomic mass is 32.2. The molecule has 2 aromatic rings. The standard InChI is InChI=1S/C16H20N2O2S/c1-3-13-5-4-6-15(9-13)18-21(19,20)16-10-14(11-17)8-7-12(16)2/h4-10,18H,3,11,17H2,1-2H3. The zero-order valence-electron chi connectivity index (χ0n) is 12.3. The first-order chi connectivity index (χ1) is 9.96. The number of sulfonamides is 1. The van der Waals surface area contributed by atoms with Crippen LogP contribution in [-0.4, -0.2) is 8.42 Å². The lowest BCUT2D eigenvalue weighted by Crippen LogP contribution is -2.15. The maximum atomic E-state index is 12.5. The fourth-order valence-corrected chi connectivity index (χ4v) is 3.47. The molecule has 0 atom stereocenters. The molecule has 2 aromatic carbocycles. The van der Waals surface area contributed by atoms with Crippen LogP contribution in [0, 0.1) is 6.92 Å². The van der Waals surface area contributed by atoms with Gasteiger partial charge in [-0.3, -0.25) is 4.72 Å². The van der Waals surface area contributed by atoms with Crippen LogP contribution in [0.2, 0.25) is 0 Å². The van der Waals surface area contributed by atoms with Crippen LogP contribution >= 0.6 is 0 Å². The minimum absolute atomic E-state index is 0.271. The summed E-state index contributed by atoms with van der Waals surface area (Å²) in [5, 5.41) is 0. The van der Waals surface area contributed by atoms with Gasteiger partial charge in [-0.2, -0.15) is 0 Å². The molecule has 0 unspecified atom stereocenters. The van der Waals surface area contributed by atoms with Gasteiger partial charge in [-0.25, -0.2) is 8.42 Å². The third kappa shape index (κ3) is 3.62. The summed E-state index contributed by atoms with van der Waals surface area (Å²) in [6.07, 6.45) is 0.858. The molecule has 112 valence electrons. The van der Waals surface area contributed by atoms with Crippen LogP contribution in [0.3, 0.4) is 0 Å². The second-order valence-corrected chi connectivity index (χ2v) is 6.61. The highest BCUT2D eigenvalue weighted by Crippen LogP contribution is 2.21. The zero-order chi connectivity index (χ0) is 15.5. The lowest BCUT2D eigenvalue weighted by molar-refractivity contribution is 0.600. The van der Waals surface area contributed by atoms with Crippen molar-refractivity contribution in [3.05, 3.63) is 59.2 Å². The van der Waals surface area contributed by atoms with Crippen molar-refractivity contribution in [2.45, 2.75) is 31.7 Å². The van der Waals surface area contributed by atoms with Crippen LogP contribution in [-0.2, 0) is 23.0 Å². The molecule has 0 aromatic heterocycles. The van der Waals surface area contributed by atoms with Gasteiger partial charge in [-0.1, -0.05) is 31.2 Å². The fraction of sp³-hybridized carbons (Fsp3) is 0.250. The molecule has 3 N–H and O–H groups in total. The molecule has 0 aliphatic carbocycles. The molecule has 0 heterocycles. The summed E-state index contributed by atoms with van der Waals surface area (Å²) in [7, 11) is -3.61. The second kappa shape index (κ2) is 6.28. The van der Waals surface area contributed by atoms with E-state index < -0.39 is 10.0 Å². The summed E-state index contributed by atoms with van der Waals surface area (Å²) in [6.45, 7) is 4.12. The number of nitrogens with two attached hydrogens (primary N) is 1. The average molecular weight is 304 g/mol. The van der Waals surface area contributed by atoms with Crippen molar-refractivity contribution < 1.29 is 8.42 Å². The molecule has 4 nitrogen and oxygen atoms in total. The molecule has 0 bridgehead atoms. The number of nitrogens with one attached hydrogen (secondary N) is 1. The molecule has 0 amide bonds. The molecule has 0 aliphatic heterocycles. The molecule has 0 aliphatic rings. The first kappa shape index (κ1) is 15.5. The van der Waals surface area contributed by atoms with Gasteiger partial charge >= 0.3 is 0 Å². The minimum atomic E-state index is -3.61. The number of rotatable bonds is 5. The van der Waals surface area contributed by atoms with E-state index in [1.807, 2.05) is 31.2 Å². The number of benzene rings is 2. The molecule has 0 saturated carbocycles. The Morgan fingerprint density at radius 1 is 1.10 bits per heavy atom. The Morgan fingerprint density at radius 2 is 1.86 bits per heavy atom. The Hall–Kier alpha value is -1.85. The second-order valence-electron chi connectivity index (χ2n) is 4.96. The van der Waals surface area contributed by atoms with Crippen LogP contribution < -0.4 is 10.5 Å². The average Bonchev–Trinajstić information content (AvgIpc) is 2.47. The lowest BCUT2D eigenvalue weighted by Gasteiger charge is -2.12. The third-order valence-corrected chi connectivity index (χ3v) is 4.89. The largest absolute Gasteiger partial charge is 0.326 e. The van der Waals surface area contributed by atoms with E-state index in [1.165, 1.54) is 0 Å². The Kier molecular flexibility index (Phi) is 4.65. The molecule has 0 radical (unpaired) electrons. The number of hydrogen-bond donors (Lipinski definition) is 2. The normalized spacial score (nSPS) is 11.4. The summed E-state index contributed by atoms with van der Waals surface area (Å²) in [6, 6.07) is 12.7. The van der Waals surface area contributed by atoms with Gasteiger partial charge in [-0.15, -0.1) is 0 Å². The van der Waals surface area contributed by atoms with Gasteiger partial charge in [0.25, 0.3) is 10.0 Å². The lowest BCUT2D eigenvalue weighted by atomic mass is 10.1. The van der Waals surface area contributed by atoms with Crippen LogP contribution in [0.15, 0.2) is 47.4 Å². The van der Waals surface area contributed by atoms with E-state index in [-0.39, 0.29) is 4.90 Å². The number of aryl methyl sites for hydroxylation is 2. The predicted octanol–water partition coefficient (Wildman–Crippen LogP) is 2.82. The summed E-state index contributed by atoms with van der Waals surface area (Å²) >= 11 is 0. The van der Waals surface area contributed by atoms with E-state index in [1.54, 1.807) is 25.1 Å². The highest BCUT2D eigenvalue weighted by molar-refractivity contribution is 7.92. The quantitative estimate of drug-likeness (QED) is 0.892. The van der Waals surface area contributed by atoms with Gasteiger partial charge in [0.2, 0.25) is 0 Å². The Labute approximate surface area is 126 Å². The van der Waals surface area contributed by atoms with E-state index in [9.17, 15) is 8.42 Å². The van der Waals surface area contributed by atoms with Gasteiger partial charge in [0.05, 0.1) is 4.90 Å². The van der Waals surface area contributed by atoms with Crippen LogP contribution in [0.1, 0.15) is 23.6 Å². The highest BCUT2D eigenvalue weighted by Gasteiger charge is 2.17. The first-order valence-electron chi connectivity index (χ1n) is 6.87. The summed E-state index contributed by atoms with van der Waals surface area (Å²) in [4.78, 5) is 0.271. The molecule has 21 heavy (non-hydrogen) atoms. The smallest absolute Gasteiger partial charge is 0.262 e. The molecular formula is C16H20N2O2S. The zero-order valence-corrected chi connectivity index (χ0v) is 13.1. The van der Waals surface area contributed by atoms with Crippen LogP contribution in [0.5, 0.6) is 0 Å². The van der Waals surface area contributed by atoms with Crippen molar-refractivity contribution in [3.8, 4) is 0 Å². The van der Waals surface area contributed by atoms with Crippen molar-refractivity contribution in [1.29, 1.82) is 0 Å². The van der Waals surface area contributed by atoms with Gasteiger partial charge in [-0.05, 0) is 48.2 Å². The molecular weight excluding hydrogens is 284 g/mol. The number of anilines is 1. The van der Waals surface area contributed by atoms with E-state index >= 15 is 0 Å². The first-order valence-corrected chi connectivity index (χ1v) is 8.36. The number of hydrogen-bond acceptors (Lipinski definition) is 3. The van der Waals surface area contributed by atoms with Crippen molar-refractivity contribution in [2.75, 3.05) is 4.72 Å². The SMILES string of the molecule is CCc1cccc(NS(=O)(=O)c2cc(CN)ccc2C)c1. The predicted molar refractivity (Wildman–Crippen MR) is 85.7 cm³/mol. The van der Waals surface area contributed by atoms with Gasteiger partial charge in [0.15, 0.2) is 0 Å². The van der Waals surface area contributed by atoms with Crippen molar-refractivity contribution >= 4 is 15.7 Å². The maximum Gasteiger partial charge on any atom is 0.262 e. The molecule has 0 saturated heterocycles. The van der Waals surface area contributed by atoms with E-state index in [4.69, 9.17) is 5.73 Å². The molecule has 0 spiro atoms. The summed E-state index contributed by atoms with van der Waals surface area (Å²) < 4.78 is 27.7. The van der Waals surface area contributed by atoms with Crippen molar-refractivity contribution in [2.24, 2.45) is 5.73 Å². The van der Waals surface area contributed by atoms with Crippen molar-refractivity contribution in [3.63, 3.8) is 0 Å². The Bertz CT molecular complexity index is 740. The van der Waals surface area contributed by atoms with Gasteiger partial charge in [0, 0.05) is 12.2 Å². The molecule has 0 fully saturated rings. The Morgan fingerprint density at radius 3 is 2.52 bits per heavy atom. The van der Waals surface area contributed by atoms with E-state index in [2.05, 4.69) is 4.72 Å². The summed E-state index contributed by atoms with van der Waals surface area (Å²) in [5.74, 6) is 0. The monoisotopic (exact) mass is 304 g/mol. The van der Waals surface area contributed by atoms with Crippen LogP contribution in [0.25, 0.3) is 0 Å². The Balaban J connectivity index is 2.38.